The maximum absolute atomic E-state index is 12.0. The third-order valence-corrected chi connectivity index (χ3v) is 4.60. The SMILES string of the molecule is Cc1nn(Cc2ccccc2)c(Cl)c1/C=C/C(=O)OCc1ccc([N+](=O)[O-])cc1. The van der Waals surface area contributed by atoms with E-state index in [1.54, 1.807) is 22.9 Å². The molecule has 8 heteroatoms. The van der Waals surface area contributed by atoms with Crippen LogP contribution in [0.5, 0.6) is 0 Å². The van der Waals surface area contributed by atoms with Gasteiger partial charge in [0.25, 0.3) is 5.69 Å². The minimum Gasteiger partial charge on any atom is -0.458 e. The molecule has 0 saturated heterocycles. The monoisotopic (exact) mass is 411 g/mol. The van der Waals surface area contributed by atoms with Gasteiger partial charge in [-0.1, -0.05) is 41.9 Å². The Balaban J connectivity index is 1.61. The number of nitro groups is 1. The second-order valence-electron chi connectivity index (χ2n) is 6.30. The summed E-state index contributed by atoms with van der Waals surface area (Å²) in [6.45, 7) is 2.36. The van der Waals surface area contributed by atoms with E-state index in [9.17, 15) is 14.9 Å². The Morgan fingerprint density at radius 3 is 2.52 bits per heavy atom. The zero-order valence-electron chi connectivity index (χ0n) is 15.6. The van der Waals surface area contributed by atoms with E-state index in [1.807, 2.05) is 37.3 Å². The number of ether oxygens (including phenoxy) is 1. The van der Waals surface area contributed by atoms with Crippen molar-refractivity contribution in [2.75, 3.05) is 0 Å². The van der Waals surface area contributed by atoms with Gasteiger partial charge in [-0.3, -0.25) is 10.1 Å². The fourth-order valence-corrected chi connectivity index (χ4v) is 2.98. The molecule has 0 aliphatic heterocycles. The summed E-state index contributed by atoms with van der Waals surface area (Å²) in [4.78, 5) is 22.2. The number of aromatic nitrogens is 2. The number of nitrogens with zero attached hydrogens (tertiary/aromatic N) is 3. The zero-order chi connectivity index (χ0) is 20.8. The predicted molar refractivity (Wildman–Crippen MR) is 109 cm³/mol. The zero-order valence-corrected chi connectivity index (χ0v) is 16.4. The van der Waals surface area contributed by atoms with Gasteiger partial charge in [-0.2, -0.15) is 5.10 Å². The van der Waals surface area contributed by atoms with Gasteiger partial charge in [-0.25, -0.2) is 9.48 Å². The molecule has 0 spiro atoms. The van der Waals surface area contributed by atoms with E-state index in [0.717, 1.165) is 5.56 Å². The fourth-order valence-electron chi connectivity index (χ4n) is 2.69. The molecule has 29 heavy (non-hydrogen) atoms. The summed E-state index contributed by atoms with van der Waals surface area (Å²) in [6.07, 6.45) is 2.86. The number of rotatable bonds is 7. The molecule has 1 aromatic heterocycles. The maximum atomic E-state index is 12.0. The van der Waals surface area contributed by atoms with Crippen molar-refractivity contribution in [1.82, 2.24) is 9.78 Å². The lowest BCUT2D eigenvalue weighted by Gasteiger charge is -2.03. The van der Waals surface area contributed by atoms with E-state index >= 15 is 0 Å². The Morgan fingerprint density at radius 2 is 1.86 bits per heavy atom. The minimum atomic E-state index is -0.547. The molecule has 0 saturated carbocycles. The van der Waals surface area contributed by atoms with Gasteiger partial charge in [-0.15, -0.1) is 0 Å². The highest BCUT2D eigenvalue weighted by atomic mass is 35.5. The predicted octanol–water partition coefficient (Wildman–Crippen LogP) is 4.56. The number of benzene rings is 2. The van der Waals surface area contributed by atoms with Gasteiger partial charge < -0.3 is 4.74 Å². The normalized spacial score (nSPS) is 11.0. The van der Waals surface area contributed by atoms with Crippen LogP contribution in [0.2, 0.25) is 5.15 Å². The third-order valence-electron chi connectivity index (χ3n) is 4.20. The lowest BCUT2D eigenvalue weighted by atomic mass is 10.2. The molecule has 7 nitrogen and oxygen atoms in total. The molecule has 0 atom stereocenters. The lowest BCUT2D eigenvalue weighted by Crippen LogP contribution is -2.02. The molecule has 0 bridgehead atoms. The molecule has 0 unspecified atom stereocenters. The lowest BCUT2D eigenvalue weighted by molar-refractivity contribution is -0.384. The largest absolute Gasteiger partial charge is 0.458 e. The summed E-state index contributed by atoms with van der Waals surface area (Å²) in [5, 5.41) is 15.5. The average molecular weight is 412 g/mol. The first-order chi connectivity index (χ1) is 13.9. The Hall–Kier alpha value is -3.45. The quantitative estimate of drug-likeness (QED) is 0.246. The molecule has 148 valence electrons. The molecule has 2 aromatic carbocycles. The van der Waals surface area contributed by atoms with Crippen molar-refractivity contribution in [1.29, 1.82) is 0 Å². The number of nitro benzene ring substituents is 1. The van der Waals surface area contributed by atoms with Crippen molar-refractivity contribution in [3.8, 4) is 0 Å². The van der Waals surface area contributed by atoms with Gasteiger partial charge in [0.15, 0.2) is 0 Å². The van der Waals surface area contributed by atoms with Gasteiger partial charge >= 0.3 is 5.97 Å². The topological polar surface area (TPSA) is 87.3 Å². The van der Waals surface area contributed by atoms with Crippen LogP contribution in [0, 0.1) is 17.0 Å². The van der Waals surface area contributed by atoms with Gasteiger partial charge in [0.2, 0.25) is 0 Å². The van der Waals surface area contributed by atoms with Crippen LogP contribution in [-0.4, -0.2) is 20.7 Å². The van der Waals surface area contributed by atoms with Crippen LogP contribution in [-0.2, 0) is 22.7 Å². The van der Waals surface area contributed by atoms with Crippen LogP contribution in [0.25, 0.3) is 6.08 Å². The van der Waals surface area contributed by atoms with E-state index in [0.29, 0.717) is 28.5 Å². The number of hydrogen-bond donors (Lipinski definition) is 0. The summed E-state index contributed by atoms with van der Waals surface area (Å²) < 4.78 is 6.84. The minimum absolute atomic E-state index is 0.0150. The maximum Gasteiger partial charge on any atom is 0.331 e. The molecule has 0 radical (unpaired) electrons. The van der Waals surface area contributed by atoms with Gasteiger partial charge in [0.05, 0.1) is 17.2 Å². The number of carbonyl (C=O) groups is 1. The van der Waals surface area contributed by atoms with Crippen molar-refractivity contribution in [3.05, 3.63) is 98.3 Å². The summed E-state index contributed by atoms with van der Waals surface area (Å²) in [6, 6.07) is 15.6. The number of aryl methyl sites for hydroxylation is 1. The highest BCUT2D eigenvalue weighted by molar-refractivity contribution is 6.31. The Kier molecular flexibility index (Phi) is 6.41. The smallest absolute Gasteiger partial charge is 0.331 e. The molecule has 3 rings (SSSR count). The van der Waals surface area contributed by atoms with Crippen molar-refractivity contribution in [2.45, 2.75) is 20.1 Å². The van der Waals surface area contributed by atoms with Gasteiger partial charge in [0, 0.05) is 23.8 Å². The summed E-state index contributed by atoms with van der Waals surface area (Å²) in [7, 11) is 0. The molecule has 0 fully saturated rings. The molecule has 1 heterocycles. The second kappa shape index (κ2) is 9.16. The van der Waals surface area contributed by atoms with Crippen LogP contribution < -0.4 is 0 Å². The van der Waals surface area contributed by atoms with Gasteiger partial charge in [-0.05, 0) is 36.3 Å². The van der Waals surface area contributed by atoms with E-state index in [4.69, 9.17) is 16.3 Å². The molecular formula is C21H18ClN3O4. The number of esters is 1. The third kappa shape index (κ3) is 5.30. The highest BCUT2D eigenvalue weighted by Gasteiger charge is 2.12. The van der Waals surface area contributed by atoms with E-state index in [2.05, 4.69) is 5.10 Å². The first-order valence-electron chi connectivity index (χ1n) is 8.79. The van der Waals surface area contributed by atoms with Gasteiger partial charge in [0.1, 0.15) is 11.8 Å². The summed E-state index contributed by atoms with van der Waals surface area (Å²) in [5.74, 6) is -0.547. The Morgan fingerprint density at radius 1 is 1.17 bits per heavy atom. The van der Waals surface area contributed by atoms with E-state index in [1.165, 1.54) is 18.2 Å². The van der Waals surface area contributed by atoms with Crippen LogP contribution in [0.3, 0.4) is 0 Å². The number of carbonyl (C=O) groups excluding carboxylic acids is 1. The second-order valence-corrected chi connectivity index (χ2v) is 6.66. The van der Waals surface area contributed by atoms with Crippen molar-refractivity contribution >= 4 is 29.3 Å². The van der Waals surface area contributed by atoms with E-state index in [-0.39, 0.29) is 12.3 Å². The van der Waals surface area contributed by atoms with Crippen LogP contribution in [0.4, 0.5) is 5.69 Å². The molecule has 3 aromatic rings. The Bertz CT molecular complexity index is 1040. The van der Waals surface area contributed by atoms with E-state index < -0.39 is 10.9 Å². The summed E-state index contributed by atoms with van der Waals surface area (Å²) in [5.41, 5.74) is 3.05. The summed E-state index contributed by atoms with van der Waals surface area (Å²) >= 11 is 6.42. The van der Waals surface area contributed by atoms with Crippen molar-refractivity contribution < 1.29 is 14.5 Å². The van der Waals surface area contributed by atoms with Crippen LogP contribution >= 0.6 is 11.6 Å². The molecular weight excluding hydrogens is 394 g/mol. The number of hydrogen-bond acceptors (Lipinski definition) is 5. The molecule has 0 amide bonds. The first kappa shape index (κ1) is 20.3. The fraction of sp³-hybridized carbons (Fsp3) is 0.143. The van der Waals surface area contributed by atoms with Crippen molar-refractivity contribution in [2.24, 2.45) is 0 Å². The number of halogens is 1. The molecule has 0 N–H and O–H groups in total. The standard InChI is InChI=1S/C21H18ClN3O4/c1-15-19(21(22)24(23-15)13-16-5-3-2-4-6-16)11-12-20(26)29-14-17-7-9-18(10-8-17)25(27)28/h2-12H,13-14H2,1H3/b12-11+. The first-order valence-corrected chi connectivity index (χ1v) is 9.17. The molecule has 0 aliphatic carbocycles. The molecule has 0 aliphatic rings. The van der Waals surface area contributed by atoms with Crippen molar-refractivity contribution in [3.63, 3.8) is 0 Å². The average Bonchev–Trinajstić information content (AvgIpc) is 2.98. The van der Waals surface area contributed by atoms with Crippen LogP contribution in [0.15, 0.2) is 60.7 Å². The van der Waals surface area contributed by atoms with Crippen LogP contribution in [0.1, 0.15) is 22.4 Å². The Labute approximate surface area is 172 Å². The number of non-ortho nitro benzene ring substituents is 1. The highest BCUT2D eigenvalue weighted by Crippen LogP contribution is 2.22.